The van der Waals surface area contributed by atoms with E-state index in [1.807, 2.05) is 6.07 Å². The molecule has 9 heavy (non-hydrogen) atoms. The van der Waals surface area contributed by atoms with Crippen LogP contribution in [0.1, 0.15) is 5.56 Å². The lowest BCUT2D eigenvalue weighted by Gasteiger charge is -1.88. The highest BCUT2D eigenvalue weighted by molar-refractivity contribution is 7.19. The van der Waals surface area contributed by atoms with Gasteiger partial charge < -0.3 is 0 Å². The summed E-state index contributed by atoms with van der Waals surface area (Å²) in [6.07, 6.45) is 0. The molecule has 0 saturated carbocycles. The molecule has 0 spiro atoms. The van der Waals surface area contributed by atoms with Crippen LogP contribution in [0.25, 0.3) is 0 Å². The van der Waals surface area contributed by atoms with Gasteiger partial charge in [0.15, 0.2) is 0 Å². The lowest BCUT2D eigenvalue weighted by molar-refractivity contribution is 0.627. The van der Waals surface area contributed by atoms with Gasteiger partial charge in [-0.25, -0.2) is 4.39 Å². The van der Waals surface area contributed by atoms with Crippen molar-refractivity contribution < 1.29 is 4.39 Å². The molecule has 0 aromatic heterocycles. The summed E-state index contributed by atoms with van der Waals surface area (Å²) < 4.78 is 12.3. The molecule has 0 N–H and O–H groups in total. The van der Waals surface area contributed by atoms with Gasteiger partial charge in [0.25, 0.3) is 0 Å². The normalized spacial score (nSPS) is 9.00. The average molecular weight is 140 g/mol. The SMILES string of the molecule is Fc1cccc(C=P)c1. The van der Waals surface area contributed by atoms with Crippen molar-refractivity contribution in [2.75, 3.05) is 0 Å². The van der Waals surface area contributed by atoms with Crippen LogP contribution >= 0.6 is 8.86 Å². The lowest BCUT2D eigenvalue weighted by Crippen LogP contribution is -1.77. The second-order valence-electron chi connectivity index (χ2n) is 1.70. The predicted molar refractivity (Wildman–Crippen MR) is 39.9 cm³/mol. The van der Waals surface area contributed by atoms with Gasteiger partial charge in [-0.05, 0) is 23.5 Å². The predicted octanol–water partition coefficient (Wildman–Crippen LogP) is 2.12. The van der Waals surface area contributed by atoms with Crippen LogP contribution in [0.4, 0.5) is 4.39 Å². The number of hydrogen-bond acceptors (Lipinski definition) is 0. The molecule has 0 amide bonds. The Morgan fingerprint density at radius 1 is 1.44 bits per heavy atom. The summed E-state index contributed by atoms with van der Waals surface area (Å²) in [5, 5.41) is 0. The fourth-order valence-electron chi connectivity index (χ4n) is 0.596. The molecule has 0 aliphatic rings. The number of hydrogen-bond donors (Lipinski definition) is 0. The highest BCUT2D eigenvalue weighted by atomic mass is 31.0. The molecule has 0 atom stereocenters. The van der Waals surface area contributed by atoms with E-state index in [4.69, 9.17) is 0 Å². The molecule has 0 nitrogen and oxygen atoms in total. The number of benzene rings is 1. The van der Waals surface area contributed by atoms with E-state index in [-0.39, 0.29) is 5.82 Å². The molecule has 1 rings (SSSR count). The van der Waals surface area contributed by atoms with Gasteiger partial charge >= 0.3 is 0 Å². The Hall–Kier alpha value is -0.680. The zero-order valence-corrected chi connectivity index (χ0v) is 5.76. The summed E-state index contributed by atoms with van der Waals surface area (Å²) >= 11 is 0. The summed E-state index contributed by atoms with van der Waals surface area (Å²) in [5.41, 5.74) is 0.840. The average Bonchev–Trinajstić information content (AvgIpc) is 1.88. The molecule has 0 bridgehead atoms. The van der Waals surface area contributed by atoms with Crippen molar-refractivity contribution in [2.24, 2.45) is 0 Å². The number of rotatable bonds is 1. The van der Waals surface area contributed by atoms with Crippen molar-refractivity contribution in [3.63, 3.8) is 0 Å². The van der Waals surface area contributed by atoms with E-state index >= 15 is 0 Å². The molecular weight excluding hydrogens is 134 g/mol. The number of halogens is 1. The van der Waals surface area contributed by atoms with Crippen molar-refractivity contribution in [3.8, 4) is 0 Å². The van der Waals surface area contributed by atoms with Crippen LogP contribution in [0.5, 0.6) is 0 Å². The van der Waals surface area contributed by atoms with Gasteiger partial charge in [-0.15, -0.1) is 8.86 Å². The first-order valence-corrected chi connectivity index (χ1v) is 3.17. The van der Waals surface area contributed by atoms with Gasteiger partial charge in [0.05, 0.1) is 0 Å². The fourth-order valence-corrected chi connectivity index (χ4v) is 0.776. The van der Waals surface area contributed by atoms with Gasteiger partial charge in [0.2, 0.25) is 0 Å². The minimum atomic E-state index is -0.206. The van der Waals surface area contributed by atoms with Gasteiger partial charge in [-0.3, -0.25) is 0 Å². The quantitative estimate of drug-likeness (QED) is 0.524. The van der Waals surface area contributed by atoms with E-state index in [1.54, 1.807) is 11.9 Å². The van der Waals surface area contributed by atoms with Crippen molar-refractivity contribution in [1.82, 2.24) is 0 Å². The summed E-state index contributed by atoms with van der Waals surface area (Å²) in [6, 6.07) is 6.35. The Bertz CT molecular complexity index is 220. The molecular formula is C7H6FP. The molecule has 0 unspecified atom stereocenters. The van der Waals surface area contributed by atoms with Crippen molar-refractivity contribution in [3.05, 3.63) is 35.6 Å². The molecule has 46 valence electrons. The van der Waals surface area contributed by atoms with E-state index in [0.717, 1.165) is 5.56 Å². The van der Waals surface area contributed by atoms with E-state index in [9.17, 15) is 4.39 Å². The Balaban J connectivity index is 3.07. The van der Waals surface area contributed by atoms with Crippen molar-refractivity contribution in [2.45, 2.75) is 0 Å². The lowest BCUT2D eigenvalue weighted by atomic mass is 10.2. The van der Waals surface area contributed by atoms with Crippen LogP contribution < -0.4 is 0 Å². The molecule has 2 heteroatoms. The van der Waals surface area contributed by atoms with E-state index < -0.39 is 0 Å². The van der Waals surface area contributed by atoms with E-state index in [0.29, 0.717) is 0 Å². The Labute approximate surface area is 55.5 Å². The van der Waals surface area contributed by atoms with Crippen LogP contribution in [0.15, 0.2) is 24.3 Å². The Kier molecular flexibility index (Phi) is 1.96. The topological polar surface area (TPSA) is 0 Å². The molecule has 0 radical (unpaired) electrons. The largest absolute Gasteiger partial charge is 0.207 e. The highest BCUT2D eigenvalue weighted by Gasteiger charge is 1.87. The summed E-state index contributed by atoms with van der Waals surface area (Å²) in [5.74, 6) is 1.46. The zero-order chi connectivity index (χ0) is 6.69. The van der Waals surface area contributed by atoms with E-state index in [1.165, 1.54) is 12.1 Å². The third-order valence-electron chi connectivity index (χ3n) is 1.02. The molecule has 1 aromatic rings. The van der Waals surface area contributed by atoms with Crippen LogP contribution in [0.2, 0.25) is 0 Å². The zero-order valence-electron chi connectivity index (χ0n) is 4.76. The van der Waals surface area contributed by atoms with Crippen molar-refractivity contribution in [1.29, 1.82) is 0 Å². The molecule has 0 saturated heterocycles. The summed E-state index contributed by atoms with van der Waals surface area (Å²) in [7, 11) is 3.14. The van der Waals surface area contributed by atoms with Gasteiger partial charge in [0, 0.05) is 0 Å². The molecule has 0 aliphatic heterocycles. The second-order valence-corrected chi connectivity index (χ2v) is 1.99. The standard InChI is InChI=1S/C7H6FP/c8-7-3-1-2-6(4-7)5-9/h1-5,9H. The molecule has 1 aromatic carbocycles. The first-order valence-electron chi connectivity index (χ1n) is 2.59. The highest BCUT2D eigenvalue weighted by Crippen LogP contribution is 2.00. The van der Waals surface area contributed by atoms with E-state index in [2.05, 4.69) is 8.86 Å². The smallest absolute Gasteiger partial charge is 0.123 e. The summed E-state index contributed by atoms with van der Waals surface area (Å²) in [4.78, 5) is 0. The second kappa shape index (κ2) is 2.75. The van der Waals surface area contributed by atoms with Crippen LogP contribution in [-0.2, 0) is 0 Å². The van der Waals surface area contributed by atoms with Gasteiger partial charge in [0.1, 0.15) is 5.82 Å². The third-order valence-corrected chi connectivity index (χ3v) is 1.35. The van der Waals surface area contributed by atoms with Crippen LogP contribution in [0.3, 0.4) is 0 Å². The summed E-state index contributed by atoms with van der Waals surface area (Å²) in [6.45, 7) is 0. The van der Waals surface area contributed by atoms with Crippen LogP contribution in [-0.4, -0.2) is 5.80 Å². The third kappa shape index (κ3) is 1.62. The monoisotopic (exact) mass is 140 g/mol. The first-order chi connectivity index (χ1) is 4.33. The maximum Gasteiger partial charge on any atom is 0.123 e. The fraction of sp³-hybridized carbons (Fsp3) is 0. The first kappa shape index (κ1) is 6.44. The minimum Gasteiger partial charge on any atom is -0.207 e. The maximum atomic E-state index is 12.3. The maximum absolute atomic E-state index is 12.3. The molecule has 0 heterocycles. The van der Waals surface area contributed by atoms with Gasteiger partial charge in [-0.2, -0.15) is 0 Å². The Morgan fingerprint density at radius 2 is 2.22 bits per heavy atom. The molecule has 0 aliphatic carbocycles. The van der Waals surface area contributed by atoms with Crippen molar-refractivity contribution >= 4 is 14.7 Å². The minimum absolute atomic E-state index is 0.206. The van der Waals surface area contributed by atoms with Crippen LogP contribution in [0, 0.1) is 5.82 Å². The Morgan fingerprint density at radius 3 is 2.67 bits per heavy atom. The van der Waals surface area contributed by atoms with Gasteiger partial charge in [-0.1, -0.05) is 12.1 Å². The molecule has 0 fully saturated rings.